The first-order valence-corrected chi connectivity index (χ1v) is 6.94. The summed E-state index contributed by atoms with van der Waals surface area (Å²) in [4.78, 5) is 0. The average molecular weight is 269 g/mol. The van der Waals surface area contributed by atoms with E-state index >= 15 is 0 Å². The molecule has 0 aromatic heterocycles. The Hall–Kier alpha value is -1.68. The highest BCUT2D eigenvalue weighted by molar-refractivity contribution is 5.26. The van der Waals surface area contributed by atoms with E-state index in [4.69, 9.17) is 15.2 Å². The van der Waals surface area contributed by atoms with Crippen LogP contribution in [0.4, 0.5) is 0 Å². The first kappa shape index (κ1) is 13.3. The molecule has 1 saturated heterocycles. The molecule has 2 aromatic carbocycles. The van der Waals surface area contributed by atoms with Gasteiger partial charge in [0.15, 0.2) is 5.79 Å². The maximum atomic E-state index is 6.14. The van der Waals surface area contributed by atoms with Crippen molar-refractivity contribution in [3.05, 3.63) is 71.8 Å². The van der Waals surface area contributed by atoms with Gasteiger partial charge in [-0.05, 0) is 5.56 Å². The van der Waals surface area contributed by atoms with Crippen molar-refractivity contribution in [2.45, 2.75) is 18.3 Å². The number of benzene rings is 2. The zero-order chi connectivity index (χ0) is 13.8. The van der Waals surface area contributed by atoms with Crippen molar-refractivity contribution in [2.24, 2.45) is 5.73 Å². The Labute approximate surface area is 119 Å². The zero-order valence-corrected chi connectivity index (χ0v) is 11.4. The standard InChI is InChI=1S/C17H19NO2/c18-12-16-13-19-17(20-16,15-9-5-2-6-10-15)11-14-7-3-1-4-8-14/h1-10,16H,11-13,18H2. The van der Waals surface area contributed by atoms with E-state index in [2.05, 4.69) is 12.1 Å². The fourth-order valence-corrected chi connectivity index (χ4v) is 2.58. The highest BCUT2D eigenvalue weighted by atomic mass is 16.7. The quantitative estimate of drug-likeness (QED) is 0.927. The van der Waals surface area contributed by atoms with Crippen LogP contribution in [0.2, 0.25) is 0 Å². The van der Waals surface area contributed by atoms with E-state index in [9.17, 15) is 0 Å². The molecule has 3 heteroatoms. The maximum absolute atomic E-state index is 6.14. The van der Waals surface area contributed by atoms with Crippen LogP contribution in [0.5, 0.6) is 0 Å². The van der Waals surface area contributed by atoms with Crippen molar-refractivity contribution >= 4 is 0 Å². The molecule has 0 radical (unpaired) electrons. The van der Waals surface area contributed by atoms with Gasteiger partial charge in [0.1, 0.15) is 0 Å². The number of nitrogens with two attached hydrogens (primary N) is 1. The van der Waals surface area contributed by atoms with Crippen LogP contribution >= 0.6 is 0 Å². The van der Waals surface area contributed by atoms with Gasteiger partial charge >= 0.3 is 0 Å². The molecule has 2 unspecified atom stereocenters. The summed E-state index contributed by atoms with van der Waals surface area (Å²) in [5, 5.41) is 0. The molecule has 0 aliphatic carbocycles. The van der Waals surface area contributed by atoms with Crippen molar-refractivity contribution < 1.29 is 9.47 Å². The number of hydrogen-bond donors (Lipinski definition) is 1. The largest absolute Gasteiger partial charge is 0.343 e. The molecule has 20 heavy (non-hydrogen) atoms. The minimum absolute atomic E-state index is 0.0427. The van der Waals surface area contributed by atoms with Gasteiger partial charge in [0.05, 0.1) is 12.7 Å². The van der Waals surface area contributed by atoms with Gasteiger partial charge in [0.2, 0.25) is 0 Å². The van der Waals surface area contributed by atoms with Crippen molar-refractivity contribution in [3.63, 3.8) is 0 Å². The predicted molar refractivity (Wildman–Crippen MR) is 78.1 cm³/mol. The van der Waals surface area contributed by atoms with Crippen molar-refractivity contribution in [1.29, 1.82) is 0 Å². The highest BCUT2D eigenvalue weighted by Gasteiger charge is 2.42. The topological polar surface area (TPSA) is 44.5 Å². The first-order chi connectivity index (χ1) is 9.82. The first-order valence-electron chi connectivity index (χ1n) is 6.94. The van der Waals surface area contributed by atoms with Gasteiger partial charge in [-0.25, -0.2) is 0 Å². The molecule has 0 amide bonds. The van der Waals surface area contributed by atoms with E-state index in [1.165, 1.54) is 5.56 Å². The summed E-state index contributed by atoms with van der Waals surface area (Å²) in [7, 11) is 0. The second-order valence-electron chi connectivity index (χ2n) is 5.07. The summed E-state index contributed by atoms with van der Waals surface area (Å²) < 4.78 is 12.2. The minimum atomic E-state index is -0.716. The van der Waals surface area contributed by atoms with Crippen LogP contribution in [0.1, 0.15) is 11.1 Å². The molecule has 0 saturated carbocycles. The van der Waals surface area contributed by atoms with Crippen LogP contribution in [0.15, 0.2) is 60.7 Å². The summed E-state index contributed by atoms with van der Waals surface area (Å²) in [6.45, 7) is 1.02. The lowest BCUT2D eigenvalue weighted by atomic mass is 9.97. The smallest absolute Gasteiger partial charge is 0.199 e. The van der Waals surface area contributed by atoms with Gasteiger partial charge < -0.3 is 15.2 Å². The van der Waals surface area contributed by atoms with Crippen LogP contribution in [0.25, 0.3) is 0 Å². The fourth-order valence-electron chi connectivity index (χ4n) is 2.58. The summed E-state index contributed by atoms with van der Waals surface area (Å²) in [5.41, 5.74) is 7.95. The molecule has 1 fully saturated rings. The third kappa shape index (κ3) is 2.61. The molecular weight excluding hydrogens is 250 g/mol. The second-order valence-corrected chi connectivity index (χ2v) is 5.07. The Morgan fingerprint density at radius 1 is 1.00 bits per heavy atom. The summed E-state index contributed by atoms with van der Waals surface area (Å²) in [5.74, 6) is -0.716. The van der Waals surface area contributed by atoms with Gasteiger partial charge in [-0.15, -0.1) is 0 Å². The number of rotatable bonds is 4. The Balaban J connectivity index is 1.93. The molecule has 2 atom stereocenters. The molecule has 3 nitrogen and oxygen atoms in total. The molecule has 0 spiro atoms. The monoisotopic (exact) mass is 269 g/mol. The van der Waals surface area contributed by atoms with Crippen LogP contribution in [0.3, 0.4) is 0 Å². The van der Waals surface area contributed by atoms with Gasteiger partial charge in [0, 0.05) is 18.5 Å². The molecule has 0 bridgehead atoms. The van der Waals surface area contributed by atoms with E-state index in [0.29, 0.717) is 19.6 Å². The fraction of sp³-hybridized carbons (Fsp3) is 0.294. The van der Waals surface area contributed by atoms with Crippen molar-refractivity contribution in [3.8, 4) is 0 Å². The van der Waals surface area contributed by atoms with E-state index in [0.717, 1.165) is 5.56 Å². The molecular formula is C17H19NO2. The number of hydrogen-bond acceptors (Lipinski definition) is 3. The van der Waals surface area contributed by atoms with Crippen LogP contribution in [-0.4, -0.2) is 19.3 Å². The lowest BCUT2D eigenvalue weighted by Gasteiger charge is -2.28. The minimum Gasteiger partial charge on any atom is -0.343 e. The molecule has 1 aliphatic heterocycles. The molecule has 2 N–H and O–H groups in total. The number of ether oxygens (including phenoxy) is 2. The lowest BCUT2D eigenvalue weighted by molar-refractivity contribution is -0.175. The van der Waals surface area contributed by atoms with Gasteiger partial charge in [-0.1, -0.05) is 60.7 Å². The third-order valence-corrected chi connectivity index (χ3v) is 3.62. The molecule has 1 heterocycles. The van der Waals surface area contributed by atoms with Gasteiger partial charge in [-0.3, -0.25) is 0 Å². The average Bonchev–Trinajstić information content (AvgIpc) is 2.94. The van der Waals surface area contributed by atoms with Gasteiger partial charge in [0.25, 0.3) is 0 Å². The predicted octanol–water partition coefficient (Wildman–Crippen LogP) is 2.46. The molecule has 2 aromatic rings. The SMILES string of the molecule is NCC1COC(Cc2ccccc2)(c2ccccc2)O1. The van der Waals surface area contributed by atoms with Crippen LogP contribution < -0.4 is 5.73 Å². The van der Waals surface area contributed by atoms with Crippen LogP contribution in [0, 0.1) is 0 Å². The van der Waals surface area contributed by atoms with E-state index in [1.807, 2.05) is 48.5 Å². The highest BCUT2D eigenvalue weighted by Crippen LogP contribution is 2.37. The normalized spacial score (nSPS) is 25.8. The van der Waals surface area contributed by atoms with Gasteiger partial charge in [-0.2, -0.15) is 0 Å². The Morgan fingerprint density at radius 2 is 1.65 bits per heavy atom. The van der Waals surface area contributed by atoms with Crippen molar-refractivity contribution in [1.82, 2.24) is 0 Å². The Kier molecular flexibility index (Phi) is 3.83. The van der Waals surface area contributed by atoms with E-state index in [-0.39, 0.29) is 6.10 Å². The van der Waals surface area contributed by atoms with E-state index in [1.54, 1.807) is 0 Å². The second kappa shape index (κ2) is 5.75. The molecule has 104 valence electrons. The Bertz CT molecular complexity index is 543. The molecule has 1 aliphatic rings. The maximum Gasteiger partial charge on any atom is 0.199 e. The Morgan fingerprint density at radius 3 is 2.25 bits per heavy atom. The van der Waals surface area contributed by atoms with E-state index < -0.39 is 5.79 Å². The summed E-state index contributed by atoms with van der Waals surface area (Å²) in [6.07, 6.45) is 0.646. The third-order valence-electron chi connectivity index (χ3n) is 3.62. The van der Waals surface area contributed by atoms with Crippen molar-refractivity contribution in [2.75, 3.05) is 13.2 Å². The van der Waals surface area contributed by atoms with Crippen LogP contribution in [-0.2, 0) is 21.7 Å². The molecule has 3 rings (SSSR count). The summed E-state index contributed by atoms with van der Waals surface area (Å²) in [6, 6.07) is 20.3. The summed E-state index contributed by atoms with van der Waals surface area (Å²) >= 11 is 0. The lowest BCUT2D eigenvalue weighted by Crippen LogP contribution is -2.32. The zero-order valence-electron chi connectivity index (χ0n) is 11.4.